The highest BCUT2D eigenvalue weighted by Crippen LogP contribution is 2.32. The van der Waals surface area contributed by atoms with Crippen LogP contribution in [0.4, 0.5) is 17.1 Å². The normalized spacial score (nSPS) is 11.5. The second-order valence-electron chi connectivity index (χ2n) is 9.08. The van der Waals surface area contributed by atoms with Crippen LogP contribution in [0.5, 0.6) is 11.5 Å². The molecule has 0 aliphatic carbocycles. The van der Waals surface area contributed by atoms with Crippen molar-refractivity contribution in [2.24, 2.45) is 0 Å². The van der Waals surface area contributed by atoms with Gasteiger partial charge in [-0.15, -0.1) is 0 Å². The van der Waals surface area contributed by atoms with Gasteiger partial charge in [-0.2, -0.15) is 0 Å². The van der Waals surface area contributed by atoms with Gasteiger partial charge in [0.2, 0.25) is 0 Å². The molecule has 0 aliphatic rings. The highest BCUT2D eigenvalue weighted by atomic mass is 35.5. The Labute approximate surface area is 250 Å². The molecule has 0 aromatic heterocycles. The zero-order chi connectivity index (χ0) is 30.7. The first kappa shape index (κ1) is 30.7. The summed E-state index contributed by atoms with van der Waals surface area (Å²) in [5, 5.41) is 3.14. The van der Waals surface area contributed by atoms with Crippen molar-refractivity contribution in [3.8, 4) is 11.5 Å². The van der Waals surface area contributed by atoms with Crippen LogP contribution in [-0.4, -0.2) is 44.0 Å². The van der Waals surface area contributed by atoms with E-state index in [0.29, 0.717) is 27.8 Å². The molecular weight excluding hydrogens is 602 g/mol. The summed E-state index contributed by atoms with van der Waals surface area (Å²) in [7, 11) is -3.54. The third kappa shape index (κ3) is 6.62. The average molecular weight is 630 g/mol. The van der Waals surface area contributed by atoms with Crippen molar-refractivity contribution < 1.29 is 31.1 Å². The Morgan fingerprint density at radius 1 is 0.762 bits per heavy atom. The molecule has 13 heteroatoms. The summed E-state index contributed by atoms with van der Waals surface area (Å²) in [6.45, 7) is 1.81. The number of nitrogens with one attached hydrogen (secondary N) is 2. The molecular formula is C29H28ClN3O7S2. The Morgan fingerprint density at radius 3 is 1.95 bits per heavy atom. The van der Waals surface area contributed by atoms with E-state index in [1.54, 1.807) is 12.1 Å². The van der Waals surface area contributed by atoms with Gasteiger partial charge in [0.05, 0.1) is 35.4 Å². The lowest BCUT2D eigenvalue weighted by molar-refractivity contribution is 0.102. The number of aryl methyl sites for hydroxylation is 1. The predicted octanol–water partition coefficient (Wildman–Crippen LogP) is 5.54. The van der Waals surface area contributed by atoms with Gasteiger partial charge < -0.3 is 14.8 Å². The second kappa shape index (κ2) is 12.3. The van der Waals surface area contributed by atoms with Crippen LogP contribution in [0.1, 0.15) is 15.9 Å². The number of hydrogen-bond acceptors (Lipinski definition) is 7. The number of halogens is 1. The highest BCUT2D eigenvalue weighted by molar-refractivity contribution is 7.93. The van der Waals surface area contributed by atoms with E-state index in [4.69, 9.17) is 21.1 Å². The molecule has 0 fully saturated rings. The van der Waals surface area contributed by atoms with Gasteiger partial charge in [0, 0.05) is 29.4 Å². The summed E-state index contributed by atoms with van der Waals surface area (Å²) in [4.78, 5) is 12.8. The van der Waals surface area contributed by atoms with Gasteiger partial charge in [-0.1, -0.05) is 17.7 Å². The molecule has 10 nitrogen and oxygen atoms in total. The number of nitrogens with zero attached hydrogens (tertiary/aromatic N) is 1. The number of methoxy groups -OCH3 is 2. The molecule has 0 spiro atoms. The van der Waals surface area contributed by atoms with Crippen molar-refractivity contribution in [3.63, 3.8) is 0 Å². The Bertz CT molecular complexity index is 1830. The quantitative estimate of drug-likeness (QED) is 0.235. The number of benzene rings is 4. The summed E-state index contributed by atoms with van der Waals surface area (Å²) in [6.07, 6.45) is 0. The van der Waals surface area contributed by atoms with Crippen LogP contribution in [0.15, 0.2) is 94.7 Å². The minimum atomic E-state index is -3.94. The fourth-order valence-electron chi connectivity index (χ4n) is 3.89. The minimum absolute atomic E-state index is 0.000255. The Kier molecular flexibility index (Phi) is 9.00. The number of carbonyl (C=O) groups excluding carboxylic acids is 1. The molecule has 4 aromatic rings. The number of hydrogen-bond donors (Lipinski definition) is 2. The molecule has 220 valence electrons. The summed E-state index contributed by atoms with van der Waals surface area (Å²) >= 11 is 6.09. The van der Waals surface area contributed by atoms with Crippen molar-refractivity contribution in [1.29, 1.82) is 0 Å². The average Bonchev–Trinajstić information content (AvgIpc) is 2.98. The van der Waals surface area contributed by atoms with E-state index < -0.39 is 26.0 Å². The molecule has 0 heterocycles. The molecule has 0 unspecified atom stereocenters. The van der Waals surface area contributed by atoms with E-state index in [1.807, 2.05) is 6.92 Å². The first-order valence-corrected chi connectivity index (χ1v) is 15.7. The van der Waals surface area contributed by atoms with Crippen LogP contribution in [0.2, 0.25) is 5.02 Å². The maximum atomic E-state index is 13.2. The zero-order valence-corrected chi connectivity index (χ0v) is 25.5. The van der Waals surface area contributed by atoms with Gasteiger partial charge in [0.25, 0.3) is 26.0 Å². The van der Waals surface area contributed by atoms with Gasteiger partial charge >= 0.3 is 0 Å². The van der Waals surface area contributed by atoms with Gasteiger partial charge in [-0.05, 0) is 85.3 Å². The summed E-state index contributed by atoms with van der Waals surface area (Å²) in [5.41, 5.74) is 2.12. The third-order valence-electron chi connectivity index (χ3n) is 6.35. The number of sulfonamides is 2. The lowest BCUT2D eigenvalue weighted by atomic mass is 10.2. The number of carbonyl (C=O) groups is 1. The Balaban J connectivity index is 1.44. The van der Waals surface area contributed by atoms with Crippen molar-refractivity contribution >= 4 is 54.6 Å². The van der Waals surface area contributed by atoms with Crippen LogP contribution < -0.4 is 23.8 Å². The maximum Gasteiger partial charge on any atom is 0.264 e. The van der Waals surface area contributed by atoms with Crippen molar-refractivity contribution in [1.82, 2.24) is 0 Å². The van der Waals surface area contributed by atoms with E-state index in [9.17, 15) is 21.6 Å². The molecule has 4 aromatic carbocycles. The van der Waals surface area contributed by atoms with Gasteiger partial charge in [0.15, 0.2) is 11.5 Å². The molecule has 4 rings (SSSR count). The number of ether oxygens (including phenoxy) is 2. The standard InChI is InChI=1S/C29H28ClN3O7S2/c1-19-5-8-22(17-26(19)30)32-41(35,36)24-13-9-21(10-14-24)31-29(34)20-6-11-23(12-7-20)33(2)42(37,38)25-15-16-27(39-3)28(18-25)40-4/h5-18,32H,1-4H3,(H,31,34). The van der Waals surface area contributed by atoms with Crippen LogP contribution in [0.3, 0.4) is 0 Å². The van der Waals surface area contributed by atoms with Crippen LogP contribution in [-0.2, 0) is 20.0 Å². The third-order valence-corrected chi connectivity index (χ3v) is 9.94. The van der Waals surface area contributed by atoms with Gasteiger partial charge in [0.1, 0.15) is 0 Å². The first-order valence-electron chi connectivity index (χ1n) is 12.4. The van der Waals surface area contributed by atoms with Crippen LogP contribution in [0, 0.1) is 6.92 Å². The monoisotopic (exact) mass is 629 g/mol. The predicted molar refractivity (Wildman–Crippen MR) is 163 cm³/mol. The van der Waals surface area contributed by atoms with E-state index in [-0.39, 0.29) is 21.1 Å². The minimum Gasteiger partial charge on any atom is -0.493 e. The summed E-state index contributed by atoms with van der Waals surface area (Å²) in [6, 6.07) is 20.8. The highest BCUT2D eigenvalue weighted by Gasteiger charge is 2.23. The van der Waals surface area contributed by atoms with Gasteiger partial charge in [-0.25, -0.2) is 16.8 Å². The molecule has 0 saturated carbocycles. The fraction of sp³-hybridized carbons (Fsp3) is 0.138. The Hall–Kier alpha value is -4.26. The lowest BCUT2D eigenvalue weighted by Gasteiger charge is -2.20. The van der Waals surface area contributed by atoms with Crippen LogP contribution in [0.25, 0.3) is 0 Å². The van der Waals surface area contributed by atoms with E-state index in [1.165, 1.54) is 94.1 Å². The number of anilines is 3. The van der Waals surface area contributed by atoms with E-state index in [0.717, 1.165) is 9.87 Å². The number of rotatable bonds is 10. The molecule has 42 heavy (non-hydrogen) atoms. The van der Waals surface area contributed by atoms with Crippen molar-refractivity contribution in [2.45, 2.75) is 16.7 Å². The smallest absolute Gasteiger partial charge is 0.264 e. The molecule has 0 saturated heterocycles. The van der Waals surface area contributed by atoms with Crippen LogP contribution >= 0.6 is 11.6 Å². The molecule has 0 atom stereocenters. The van der Waals surface area contributed by atoms with Gasteiger partial charge in [-0.3, -0.25) is 13.8 Å². The Morgan fingerprint density at radius 2 is 1.36 bits per heavy atom. The van der Waals surface area contributed by atoms with Crippen molar-refractivity contribution in [2.75, 3.05) is 35.6 Å². The second-order valence-corrected chi connectivity index (χ2v) is 13.1. The van der Waals surface area contributed by atoms with E-state index in [2.05, 4.69) is 10.0 Å². The first-order chi connectivity index (χ1) is 19.8. The number of amides is 1. The SMILES string of the molecule is COc1ccc(S(=O)(=O)N(C)c2ccc(C(=O)Nc3ccc(S(=O)(=O)Nc4ccc(C)c(Cl)c4)cc3)cc2)cc1OC. The molecule has 0 radical (unpaired) electrons. The van der Waals surface area contributed by atoms with Crippen molar-refractivity contribution in [3.05, 3.63) is 101 Å². The molecule has 0 aliphatic heterocycles. The largest absolute Gasteiger partial charge is 0.493 e. The summed E-state index contributed by atoms with van der Waals surface area (Å²) in [5.74, 6) is 0.210. The molecule has 2 N–H and O–H groups in total. The fourth-order valence-corrected chi connectivity index (χ4v) is 6.33. The molecule has 0 bridgehead atoms. The zero-order valence-electron chi connectivity index (χ0n) is 23.1. The van der Waals surface area contributed by atoms with E-state index >= 15 is 0 Å². The molecule has 1 amide bonds. The lowest BCUT2D eigenvalue weighted by Crippen LogP contribution is -2.26. The maximum absolute atomic E-state index is 13.2. The topological polar surface area (TPSA) is 131 Å². The summed E-state index contributed by atoms with van der Waals surface area (Å²) < 4.78 is 65.8.